The number of hydrogen-bond donors (Lipinski definition) is 1. The summed E-state index contributed by atoms with van der Waals surface area (Å²) in [5, 5.41) is 2.81. The lowest BCUT2D eigenvalue weighted by molar-refractivity contribution is -0.127. The smallest absolute Gasteiger partial charge is 0.227 e. The van der Waals surface area contributed by atoms with Crippen molar-refractivity contribution in [2.45, 2.75) is 33.1 Å². The summed E-state index contributed by atoms with van der Waals surface area (Å²) in [6, 6.07) is 0. The number of carbonyl (C=O) groups excluding carboxylic acids is 2. The van der Waals surface area contributed by atoms with E-state index in [4.69, 9.17) is 4.74 Å². The SMILES string of the molecule is CC(=O)CC(=O)NCC1(C)CCOCC1. The quantitative estimate of drug-likeness (QED) is 0.706. The monoisotopic (exact) mass is 213 g/mol. The van der Waals surface area contributed by atoms with Gasteiger partial charge in [-0.05, 0) is 25.2 Å². The molecule has 0 bridgehead atoms. The minimum atomic E-state index is -0.171. The molecular weight excluding hydrogens is 194 g/mol. The summed E-state index contributed by atoms with van der Waals surface area (Å²) in [4.78, 5) is 22.0. The summed E-state index contributed by atoms with van der Waals surface area (Å²) in [6.45, 7) is 5.74. The number of carbonyl (C=O) groups is 2. The molecule has 15 heavy (non-hydrogen) atoms. The minimum Gasteiger partial charge on any atom is -0.381 e. The molecule has 1 heterocycles. The van der Waals surface area contributed by atoms with E-state index in [1.54, 1.807) is 0 Å². The molecule has 1 aliphatic rings. The Bertz CT molecular complexity index is 244. The molecule has 4 nitrogen and oxygen atoms in total. The maximum absolute atomic E-state index is 11.3. The van der Waals surface area contributed by atoms with Gasteiger partial charge in [0.2, 0.25) is 5.91 Å². The van der Waals surface area contributed by atoms with Gasteiger partial charge in [-0.3, -0.25) is 9.59 Å². The van der Waals surface area contributed by atoms with Crippen molar-refractivity contribution in [3.05, 3.63) is 0 Å². The van der Waals surface area contributed by atoms with Crippen molar-refractivity contribution in [3.63, 3.8) is 0 Å². The van der Waals surface area contributed by atoms with Crippen LogP contribution in [0.25, 0.3) is 0 Å². The predicted octanol–water partition coefficient (Wildman–Crippen LogP) is 0.898. The number of Topliss-reactive ketones (excluding diaryl/α,β-unsaturated/α-hetero) is 1. The van der Waals surface area contributed by atoms with E-state index in [0.29, 0.717) is 6.54 Å². The van der Waals surface area contributed by atoms with E-state index in [-0.39, 0.29) is 23.5 Å². The van der Waals surface area contributed by atoms with Crippen molar-refractivity contribution >= 4 is 11.7 Å². The number of hydrogen-bond acceptors (Lipinski definition) is 3. The third-order valence-corrected chi connectivity index (χ3v) is 2.82. The minimum absolute atomic E-state index is 0.00736. The van der Waals surface area contributed by atoms with Gasteiger partial charge < -0.3 is 10.1 Å². The molecule has 1 saturated heterocycles. The first-order valence-corrected chi connectivity index (χ1v) is 5.36. The van der Waals surface area contributed by atoms with E-state index < -0.39 is 0 Å². The molecule has 0 atom stereocenters. The molecule has 1 fully saturated rings. The number of ketones is 1. The van der Waals surface area contributed by atoms with Crippen LogP contribution in [0.5, 0.6) is 0 Å². The van der Waals surface area contributed by atoms with Gasteiger partial charge in [0.1, 0.15) is 5.78 Å². The van der Waals surface area contributed by atoms with Gasteiger partial charge in [-0.1, -0.05) is 6.92 Å². The van der Waals surface area contributed by atoms with Crippen LogP contribution in [0.3, 0.4) is 0 Å². The molecule has 0 aromatic rings. The van der Waals surface area contributed by atoms with Crippen molar-refractivity contribution in [1.29, 1.82) is 0 Å². The summed E-state index contributed by atoms with van der Waals surface area (Å²) in [5.41, 5.74) is 0.130. The largest absolute Gasteiger partial charge is 0.381 e. The summed E-state index contributed by atoms with van der Waals surface area (Å²) in [7, 11) is 0. The van der Waals surface area contributed by atoms with Crippen molar-refractivity contribution < 1.29 is 14.3 Å². The van der Waals surface area contributed by atoms with Gasteiger partial charge in [-0.25, -0.2) is 0 Å². The van der Waals surface area contributed by atoms with Crippen LogP contribution < -0.4 is 5.32 Å². The fourth-order valence-electron chi connectivity index (χ4n) is 1.64. The molecule has 1 rings (SSSR count). The van der Waals surface area contributed by atoms with E-state index in [1.165, 1.54) is 6.92 Å². The molecule has 0 aromatic heterocycles. The van der Waals surface area contributed by atoms with E-state index in [1.807, 2.05) is 0 Å². The summed E-state index contributed by atoms with van der Waals surface area (Å²) in [6.07, 6.45) is 1.92. The van der Waals surface area contributed by atoms with Gasteiger partial charge in [0.25, 0.3) is 0 Å². The second kappa shape index (κ2) is 5.26. The van der Waals surface area contributed by atoms with Gasteiger partial charge in [0.05, 0.1) is 6.42 Å². The Morgan fingerprint density at radius 3 is 2.47 bits per heavy atom. The second-order valence-electron chi connectivity index (χ2n) is 4.58. The first-order valence-electron chi connectivity index (χ1n) is 5.36. The van der Waals surface area contributed by atoms with E-state index in [9.17, 15) is 9.59 Å². The number of rotatable bonds is 4. The Balaban J connectivity index is 2.28. The van der Waals surface area contributed by atoms with Crippen LogP contribution in [0.15, 0.2) is 0 Å². The first kappa shape index (κ1) is 12.2. The Morgan fingerprint density at radius 1 is 1.33 bits per heavy atom. The maximum Gasteiger partial charge on any atom is 0.227 e. The average Bonchev–Trinajstić information content (AvgIpc) is 2.15. The highest BCUT2D eigenvalue weighted by molar-refractivity contribution is 5.96. The normalized spacial score (nSPS) is 19.6. The lowest BCUT2D eigenvalue weighted by atomic mass is 9.82. The molecule has 0 spiro atoms. The average molecular weight is 213 g/mol. The highest BCUT2D eigenvalue weighted by Gasteiger charge is 2.27. The van der Waals surface area contributed by atoms with Crippen molar-refractivity contribution in [2.24, 2.45) is 5.41 Å². The fourth-order valence-corrected chi connectivity index (χ4v) is 1.64. The number of ether oxygens (including phenoxy) is 1. The van der Waals surface area contributed by atoms with Gasteiger partial charge in [0, 0.05) is 19.8 Å². The van der Waals surface area contributed by atoms with Crippen molar-refractivity contribution in [3.8, 4) is 0 Å². The standard InChI is InChI=1S/C11H19NO3/c1-9(13)7-10(14)12-8-11(2)3-5-15-6-4-11/h3-8H2,1-2H3,(H,12,14). The summed E-state index contributed by atoms with van der Waals surface area (Å²) in [5.74, 6) is -0.264. The van der Waals surface area contributed by atoms with Crippen LogP contribution in [0.4, 0.5) is 0 Å². The number of nitrogens with one attached hydrogen (secondary N) is 1. The third kappa shape index (κ3) is 4.42. The Hall–Kier alpha value is -0.900. The lowest BCUT2D eigenvalue weighted by Crippen LogP contribution is -2.39. The maximum atomic E-state index is 11.3. The van der Waals surface area contributed by atoms with E-state index in [0.717, 1.165) is 26.1 Å². The van der Waals surface area contributed by atoms with Gasteiger partial charge >= 0.3 is 0 Å². The topological polar surface area (TPSA) is 55.4 Å². The zero-order valence-electron chi connectivity index (χ0n) is 9.47. The zero-order valence-corrected chi connectivity index (χ0v) is 9.47. The molecule has 0 unspecified atom stereocenters. The Kier molecular flexibility index (Phi) is 4.27. The molecule has 0 saturated carbocycles. The Labute approximate surface area is 90.4 Å². The van der Waals surface area contributed by atoms with E-state index >= 15 is 0 Å². The molecule has 1 amide bonds. The second-order valence-corrected chi connectivity index (χ2v) is 4.58. The van der Waals surface area contributed by atoms with Crippen molar-refractivity contribution in [2.75, 3.05) is 19.8 Å². The Morgan fingerprint density at radius 2 is 1.93 bits per heavy atom. The lowest BCUT2D eigenvalue weighted by Gasteiger charge is -2.33. The molecule has 86 valence electrons. The van der Waals surface area contributed by atoms with Crippen LogP contribution in [-0.4, -0.2) is 31.4 Å². The van der Waals surface area contributed by atoms with Crippen molar-refractivity contribution in [1.82, 2.24) is 5.32 Å². The molecule has 4 heteroatoms. The molecule has 0 aliphatic carbocycles. The molecule has 1 N–H and O–H groups in total. The predicted molar refractivity (Wildman–Crippen MR) is 56.5 cm³/mol. The molecule has 1 aliphatic heterocycles. The van der Waals surface area contributed by atoms with Crippen LogP contribution >= 0.6 is 0 Å². The zero-order chi connectivity index (χ0) is 11.3. The molecular formula is C11H19NO3. The van der Waals surface area contributed by atoms with Gasteiger partial charge in [0.15, 0.2) is 0 Å². The summed E-state index contributed by atoms with van der Waals surface area (Å²) >= 11 is 0. The molecule has 0 radical (unpaired) electrons. The van der Waals surface area contributed by atoms with Gasteiger partial charge in [-0.15, -0.1) is 0 Å². The first-order chi connectivity index (χ1) is 7.02. The third-order valence-electron chi connectivity index (χ3n) is 2.82. The van der Waals surface area contributed by atoms with Crippen LogP contribution in [0.1, 0.15) is 33.1 Å². The highest BCUT2D eigenvalue weighted by Crippen LogP contribution is 2.28. The van der Waals surface area contributed by atoms with Crippen LogP contribution in [0.2, 0.25) is 0 Å². The highest BCUT2D eigenvalue weighted by atomic mass is 16.5. The van der Waals surface area contributed by atoms with E-state index in [2.05, 4.69) is 12.2 Å². The summed E-state index contributed by atoms with van der Waals surface area (Å²) < 4.78 is 5.27. The molecule has 0 aromatic carbocycles. The fraction of sp³-hybridized carbons (Fsp3) is 0.818. The van der Waals surface area contributed by atoms with Crippen LogP contribution in [0, 0.1) is 5.41 Å². The van der Waals surface area contributed by atoms with Gasteiger partial charge in [-0.2, -0.15) is 0 Å². The van der Waals surface area contributed by atoms with Crippen LogP contribution in [-0.2, 0) is 14.3 Å². The number of amides is 1.